The van der Waals surface area contributed by atoms with Gasteiger partial charge in [0.05, 0.1) is 12.0 Å². The second-order valence-corrected chi connectivity index (χ2v) is 4.95. The first kappa shape index (κ1) is 10.8. The number of hydrogen-bond acceptors (Lipinski definition) is 3. The van der Waals surface area contributed by atoms with Crippen molar-refractivity contribution >= 4 is 12.0 Å². The van der Waals surface area contributed by atoms with Crippen molar-refractivity contribution in [2.75, 3.05) is 13.1 Å². The highest BCUT2D eigenvalue weighted by atomic mass is 15.2. The van der Waals surface area contributed by atoms with Gasteiger partial charge in [-0.25, -0.2) is 4.99 Å². The molecule has 2 aliphatic rings. The minimum Gasteiger partial charge on any atom is -0.357 e. The van der Waals surface area contributed by atoms with Gasteiger partial charge in [-0.2, -0.15) is 0 Å². The van der Waals surface area contributed by atoms with Crippen molar-refractivity contribution in [1.82, 2.24) is 10.2 Å². The molecule has 1 unspecified atom stereocenters. The molecule has 3 heteroatoms. The fourth-order valence-corrected chi connectivity index (χ4v) is 2.65. The number of aliphatic imine (C=N–C) groups is 1. The average Bonchev–Trinajstić information content (AvgIpc) is 2.40. The quantitative estimate of drug-likeness (QED) is 0.842. The topological polar surface area (TPSA) is 27.6 Å². The lowest BCUT2D eigenvalue weighted by Crippen LogP contribution is -2.43. The molecular formula is C14H19N3. The van der Waals surface area contributed by atoms with E-state index in [0.29, 0.717) is 6.04 Å². The van der Waals surface area contributed by atoms with Crippen LogP contribution in [0, 0.1) is 0 Å². The van der Waals surface area contributed by atoms with Gasteiger partial charge in [0.2, 0.25) is 0 Å². The molecule has 3 rings (SSSR count). The summed E-state index contributed by atoms with van der Waals surface area (Å²) in [6, 6.07) is 9.04. The van der Waals surface area contributed by atoms with Gasteiger partial charge < -0.3 is 10.2 Å². The molecule has 1 fully saturated rings. The van der Waals surface area contributed by atoms with Crippen molar-refractivity contribution in [2.45, 2.75) is 31.8 Å². The molecule has 0 radical (unpaired) electrons. The first-order chi connectivity index (χ1) is 8.42. The molecule has 1 aromatic rings. The number of rotatable bonds is 2. The molecule has 0 aliphatic carbocycles. The predicted octanol–water partition coefficient (Wildman–Crippen LogP) is 2.30. The van der Waals surface area contributed by atoms with Gasteiger partial charge in [-0.3, -0.25) is 0 Å². The molecule has 90 valence electrons. The lowest BCUT2D eigenvalue weighted by Gasteiger charge is -2.31. The van der Waals surface area contributed by atoms with Crippen molar-refractivity contribution in [2.24, 2.45) is 4.99 Å². The van der Waals surface area contributed by atoms with Crippen LogP contribution in [0.5, 0.6) is 0 Å². The first-order valence-electron chi connectivity index (χ1n) is 6.51. The van der Waals surface area contributed by atoms with E-state index in [9.17, 15) is 0 Å². The smallest absolute Gasteiger partial charge is 0.0916 e. The molecule has 2 aliphatic heterocycles. The van der Waals surface area contributed by atoms with E-state index in [2.05, 4.69) is 39.5 Å². The molecule has 0 aromatic heterocycles. The van der Waals surface area contributed by atoms with E-state index in [1.165, 1.54) is 31.4 Å². The van der Waals surface area contributed by atoms with Gasteiger partial charge in [0.15, 0.2) is 0 Å². The Morgan fingerprint density at radius 1 is 1.29 bits per heavy atom. The van der Waals surface area contributed by atoms with E-state index in [0.717, 1.165) is 18.8 Å². The lowest BCUT2D eigenvalue weighted by molar-refractivity contribution is 0.307. The summed E-state index contributed by atoms with van der Waals surface area (Å²) >= 11 is 0. The van der Waals surface area contributed by atoms with Crippen molar-refractivity contribution in [3.8, 4) is 0 Å². The molecule has 1 N–H and O–H groups in total. The van der Waals surface area contributed by atoms with Gasteiger partial charge in [-0.1, -0.05) is 24.6 Å². The summed E-state index contributed by atoms with van der Waals surface area (Å²) in [4.78, 5) is 6.84. The van der Waals surface area contributed by atoms with E-state index in [4.69, 9.17) is 0 Å². The van der Waals surface area contributed by atoms with Crippen molar-refractivity contribution in [3.63, 3.8) is 0 Å². The molecule has 0 bridgehead atoms. The van der Waals surface area contributed by atoms with Crippen molar-refractivity contribution < 1.29 is 0 Å². The van der Waals surface area contributed by atoms with E-state index in [1.54, 1.807) is 0 Å². The van der Waals surface area contributed by atoms with Gasteiger partial charge in [-0.15, -0.1) is 0 Å². The molecule has 3 nitrogen and oxygen atoms in total. The van der Waals surface area contributed by atoms with E-state index >= 15 is 0 Å². The van der Waals surface area contributed by atoms with Gasteiger partial charge in [0.25, 0.3) is 0 Å². The highest BCUT2D eigenvalue weighted by molar-refractivity contribution is 5.66. The Labute approximate surface area is 103 Å². The van der Waals surface area contributed by atoms with Crippen LogP contribution < -0.4 is 5.32 Å². The Morgan fingerprint density at radius 3 is 3.12 bits per heavy atom. The average molecular weight is 229 g/mol. The van der Waals surface area contributed by atoms with Crippen molar-refractivity contribution in [3.05, 3.63) is 29.8 Å². The predicted molar refractivity (Wildman–Crippen MR) is 70.6 cm³/mol. The summed E-state index contributed by atoms with van der Waals surface area (Å²) in [6.07, 6.45) is 5.98. The second kappa shape index (κ2) is 4.88. The number of fused-ring (bicyclic) bond motifs is 1. The largest absolute Gasteiger partial charge is 0.357 e. The summed E-state index contributed by atoms with van der Waals surface area (Å²) in [7, 11) is 0. The van der Waals surface area contributed by atoms with Gasteiger partial charge >= 0.3 is 0 Å². The van der Waals surface area contributed by atoms with E-state index in [1.807, 2.05) is 6.34 Å². The van der Waals surface area contributed by atoms with Crippen LogP contribution in [0.2, 0.25) is 0 Å². The van der Waals surface area contributed by atoms with Gasteiger partial charge in [0.1, 0.15) is 0 Å². The number of nitrogens with one attached hydrogen (secondary N) is 1. The fourth-order valence-electron chi connectivity index (χ4n) is 2.65. The fraction of sp³-hybridized carbons (Fsp3) is 0.500. The number of benzene rings is 1. The van der Waals surface area contributed by atoms with Crippen LogP contribution in [-0.4, -0.2) is 30.4 Å². The SMILES string of the molecule is C1=Nc2ccccc2CN1CC1CCCCN1. The Hall–Kier alpha value is -1.35. The van der Waals surface area contributed by atoms with Crippen LogP contribution in [-0.2, 0) is 6.54 Å². The zero-order valence-corrected chi connectivity index (χ0v) is 10.1. The van der Waals surface area contributed by atoms with Crippen LogP contribution in [0.15, 0.2) is 29.3 Å². The summed E-state index contributed by atoms with van der Waals surface area (Å²) in [5, 5.41) is 3.59. The van der Waals surface area contributed by atoms with Crippen molar-refractivity contribution in [1.29, 1.82) is 0 Å². The maximum Gasteiger partial charge on any atom is 0.0916 e. The molecule has 2 heterocycles. The molecule has 17 heavy (non-hydrogen) atoms. The number of para-hydroxylation sites is 1. The first-order valence-corrected chi connectivity index (χ1v) is 6.51. The monoisotopic (exact) mass is 229 g/mol. The normalized spacial score (nSPS) is 23.5. The third kappa shape index (κ3) is 2.50. The lowest BCUT2D eigenvalue weighted by atomic mass is 10.0. The Kier molecular flexibility index (Phi) is 3.10. The molecule has 0 amide bonds. The number of nitrogens with zero attached hydrogens (tertiary/aromatic N) is 2. The summed E-state index contributed by atoms with van der Waals surface area (Å²) in [5.41, 5.74) is 2.46. The van der Waals surface area contributed by atoms with Crippen LogP contribution in [0.1, 0.15) is 24.8 Å². The van der Waals surface area contributed by atoms with Crippen LogP contribution >= 0.6 is 0 Å². The minimum absolute atomic E-state index is 0.639. The molecule has 1 atom stereocenters. The summed E-state index contributed by atoms with van der Waals surface area (Å²) in [5.74, 6) is 0. The maximum absolute atomic E-state index is 4.51. The third-order valence-electron chi connectivity index (χ3n) is 3.59. The molecule has 0 saturated carbocycles. The second-order valence-electron chi connectivity index (χ2n) is 4.95. The number of hydrogen-bond donors (Lipinski definition) is 1. The maximum atomic E-state index is 4.51. The molecule has 0 spiro atoms. The minimum atomic E-state index is 0.639. The molecule has 1 saturated heterocycles. The zero-order chi connectivity index (χ0) is 11.5. The van der Waals surface area contributed by atoms with Crippen LogP contribution in [0.4, 0.5) is 5.69 Å². The molecular weight excluding hydrogens is 210 g/mol. The van der Waals surface area contributed by atoms with Crippen LogP contribution in [0.25, 0.3) is 0 Å². The Balaban J connectivity index is 1.64. The standard InChI is InChI=1S/C14H19N3/c1-2-7-14-12(5-1)9-17(11-16-14)10-13-6-3-4-8-15-13/h1-2,5,7,11,13,15H,3-4,6,8-10H2. The van der Waals surface area contributed by atoms with E-state index in [-0.39, 0.29) is 0 Å². The third-order valence-corrected chi connectivity index (χ3v) is 3.59. The number of piperidine rings is 1. The summed E-state index contributed by atoms with van der Waals surface area (Å²) in [6.45, 7) is 3.25. The van der Waals surface area contributed by atoms with Crippen LogP contribution in [0.3, 0.4) is 0 Å². The summed E-state index contributed by atoms with van der Waals surface area (Å²) < 4.78 is 0. The zero-order valence-electron chi connectivity index (χ0n) is 10.1. The highest BCUT2D eigenvalue weighted by Gasteiger charge is 2.17. The van der Waals surface area contributed by atoms with Gasteiger partial charge in [0, 0.05) is 19.1 Å². The van der Waals surface area contributed by atoms with Gasteiger partial charge in [-0.05, 0) is 31.0 Å². The molecule has 1 aromatic carbocycles. The highest BCUT2D eigenvalue weighted by Crippen LogP contribution is 2.23. The Morgan fingerprint density at radius 2 is 2.24 bits per heavy atom. The Bertz CT molecular complexity index is 408. The van der Waals surface area contributed by atoms with E-state index < -0.39 is 0 Å².